The molecule has 0 aromatic heterocycles. The number of ether oxygens (including phenoxy) is 1. The van der Waals surface area contributed by atoms with E-state index in [0.29, 0.717) is 19.3 Å². The fourth-order valence-corrected chi connectivity index (χ4v) is 0.862. The molecular weight excluding hydrogens is 172 g/mol. The lowest BCUT2D eigenvalue weighted by Gasteiger charge is -2.14. The highest BCUT2D eigenvalue weighted by atomic mass is 16.6. The van der Waals surface area contributed by atoms with Gasteiger partial charge in [-0.05, 0) is 12.8 Å². The SMILES string of the molecule is CCCC(=O)OC(O)CC(O)CC. The molecular formula is C9H18O4. The van der Waals surface area contributed by atoms with Gasteiger partial charge in [0.15, 0.2) is 0 Å². The molecule has 0 aromatic carbocycles. The first-order valence-corrected chi connectivity index (χ1v) is 4.65. The quantitative estimate of drug-likeness (QED) is 0.480. The van der Waals surface area contributed by atoms with Gasteiger partial charge in [0.25, 0.3) is 0 Å². The molecule has 0 rings (SSSR count). The number of hydrogen-bond acceptors (Lipinski definition) is 4. The van der Waals surface area contributed by atoms with Gasteiger partial charge in [-0.25, -0.2) is 0 Å². The summed E-state index contributed by atoms with van der Waals surface area (Å²) < 4.78 is 4.62. The largest absolute Gasteiger partial charge is 0.436 e. The molecule has 0 saturated carbocycles. The van der Waals surface area contributed by atoms with E-state index in [-0.39, 0.29) is 6.42 Å². The number of carbonyl (C=O) groups excluding carboxylic acids is 1. The zero-order valence-corrected chi connectivity index (χ0v) is 8.19. The molecule has 4 nitrogen and oxygen atoms in total. The van der Waals surface area contributed by atoms with Crippen LogP contribution in [0.25, 0.3) is 0 Å². The zero-order chi connectivity index (χ0) is 10.3. The monoisotopic (exact) mass is 190 g/mol. The predicted octanol–water partition coefficient (Wildman–Crippen LogP) is 0.809. The van der Waals surface area contributed by atoms with Crippen LogP contribution in [-0.2, 0) is 9.53 Å². The zero-order valence-electron chi connectivity index (χ0n) is 8.19. The van der Waals surface area contributed by atoms with Crippen LogP contribution in [0.5, 0.6) is 0 Å². The molecule has 13 heavy (non-hydrogen) atoms. The molecule has 0 heterocycles. The first-order valence-electron chi connectivity index (χ1n) is 4.65. The summed E-state index contributed by atoms with van der Waals surface area (Å²) in [6, 6.07) is 0. The van der Waals surface area contributed by atoms with Crippen molar-refractivity contribution in [3.05, 3.63) is 0 Å². The summed E-state index contributed by atoms with van der Waals surface area (Å²) in [6.45, 7) is 3.65. The van der Waals surface area contributed by atoms with Gasteiger partial charge in [-0.15, -0.1) is 0 Å². The van der Waals surface area contributed by atoms with E-state index in [1.807, 2.05) is 6.92 Å². The van der Waals surface area contributed by atoms with Crippen LogP contribution in [0.2, 0.25) is 0 Å². The van der Waals surface area contributed by atoms with Gasteiger partial charge in [-0.2, -0.15) is 0 Å². The number of rotatable bonds is 6. The van der Waals surface area contributed by atoms with Gasteiger partial charge >= 0.3 is 5.97 Å². The summed E-state index contributed by atoms with van der Waals surface area (Å²) in [7, 11) is 0. The lowest BCUT2D eigenvalue weighted by Crippen LogP contribution is -2.22. The van der Waals surface area contributed by atoms with Crippen LogP contribution in [0.3, 0.4) is 0 Å². The van der Waals surface area contributed by atoms with Crippen molar-refractivity contribution in [1.29, 1.82) is 0 Å². The average Bonchev–Trinajstić information content (AvgIpc) is 2.04. The van der Waals surface area contributed by atoms with Gasteiger partial charge in [-0.1, -0.05) is 13.8 Å². The average molecular weight is 190 g/mol. The van der Waals surface area contributed by atoms with Crippen molar-refractivity contribution in [2.75, 3.05) is 0 Å². The number of aliphatic hydroxyl groups excluding tert-OH is 2. The van der Waals surface area contributed by atoms with Gasteiger partial charge in [0, 0.05) is 12.8 Å². The molecule has 2 atom stereocenters. The fourth-order valence-electron chi connectivity index (χ4n) is 0.862. The van der Waals surface area contributed by atoms with E-state index in [1.54, 1.807) is 6.92 Å². The summed E-state index contributed by atoms with van der Waals surface area (Å²) in [5, 5.41) is 18.3. The Kier molecular flexibility index (Phi) is 6.54. The lowest BCUT2D eigenvalue weighted by atomic mass is 10.2. The van der Waals surface area contributed by atoms with Crippen LogP contribution in [0.4, 0.5) is 0 Å². The summed E-state index contributed by atoms with van der Waals surface area (Å²) in [5.74, 6) is -0.418. The van der Waals surface area contributed by atoms with Crippen molar-refractivity contribution >= 4 is 5.97 Å². The van der Waals surface area contributed by atoms with Crippen molar-refractivity contribution in [2.45, 2.75) is 51.9 Å². The Bertz CT molecular complexity index is 147. The summed E-state index contributed by atoms with van der Waals surface area (Å²) in [4.78, 5) is 10.9. The number of carbonyl (C=O) groups is 1. The summed E-state index contributed by atoms with van der Waals surface area (Å²) >= 11 is 0. The maximum Gasteiger partial charge on any atom is 0.308 e. The topological polar surface area (TPSA) is 66.8 Å². The molecule has 0 aliphatic rings. The molecule has 0 bridgehead atoms. The Morgan fingerprint density at radius 3 is 2.46 bits per heavy atom. The Morgan fingerprint density at radius 1 is 1.38 bits per heavy atom. The van der Waals surface area contributed by atoms with Crippen molar-refractivity contribution in [3.8, 4) is 0 Å². The van der Waals surface area contributed by atoms with E-state index in [0.717, 1.165) is 0 Å². The maximum absolute atomic E-state index is 10.9. The molecule has 0 spiro atoms. The number of aliphatic hydroxyl groups is 2. The molecule has 0 aliphatic heterocycles. The minimum Gasteiger partial charge on any atom is -0.436 e. The Hall–Kier alpha value is -0.610. The van der Waals surface area contributed by atoms with Crippen LogP contribution >= 0.6 is 0 Å². The highest BCUT2D eigenvalue weighted by Crippen LogP contribution is 2.04. The highest BCUT2D eigenvalue weighted by Gasteiger charge is 2.13. The third kappa shape index (κ3) is 6.54. The molecule has 0 aromatic rings. The molecule has 0 amide bonds. The first kappa shape index (κ1) is 12.4. The second-order valence-corrected chi connectivity index (χ2v) is 2.99. The van der Waals surface area contributed by atoms with E-state index < -0.39 is 18.4 Å². The summed E-state index contributed by atoms with van der Waals surface area (Å²) in [6.07, 6.45) is -0.145. The minimum atomic E-state index is -1.17. The van der Waals surface area contributed by atoms with E-state index in [2.05, 4.69) is 4.74 Å². The molecule has 78 valence electrons. The second kappa shape index (κ2) is 6.86. The van der Waals surface area contributed by atoms with Crippen molar-refractivity contribution in [3.63, 3.8) is 0 Å². The minimum absolute atomic E-state index is 0.0892. The maximum atomic E-state index is 10.9. The van der Waals surface area contributed by atoms with Crippen molar-refractivity contribution < 1.29 is 19.7 Å². The Balaban J connectivity index is 3.60. The van der Waals surface area contributed by atoms with Gasteiger partial charge < -0.3 is 14.9 Å². The lowest BCUT2D eigenvalue weighted by molar-refractivity contribution is -0.172. The van der Waals surface area contributed by atoms with Crippen LogP contribution in [0, 0.1) is 0 Å². The number of hydrogen-bond donors (Lipinski definition) is 2. The molecule has 4 heteroatoms. The molecule has 0 aliphatic carbocycles. The molecule has 0 radical (unpaired) electrons. The number of esters is 1. The van der Waals surface area contributed by atoms with Crippen LogP contribution < -0.4 is 0 Å². The van der Waals surface area contributed by atoms with E-state index in [1.165, 1.54) is 0 Å². The van der Waals surface area contributed by atoms with E-state index in [4.69, 9.17) is 10.2 Å². The van der Waals surface area contributed by atoms with Crippen molar-refractivity contribution in [1.82, 2.24) is 0 Å². The standard InChI is InChI=1S/C9H18O4/c1-3-5-8(11)13-9(12)6-7(10)4-2/h7,9-10,12H,3-6H2,1-2H3. The fraction of sp³-hybridized carbons (Fsp3) is 0.889. The summed E-state index contributed by atoms with van der Waals surface area (Å²) in [5.41, 5.74) is 0. The van der Waals surface area contributed by atoms with Crippen LogP contribution in [0.1, 0.15) is 39.5 Å². The Labute approximate surface area is 78.5 Å². The third-order valence-corrected chi connectivity index (χ3v) is 1.67. The van der Waals surface area contributed by atoms with Gasteiger partial charge in [0.2, 0.25) is 6.29 Å². The normalized spacial score (nSPS) is 15.1. The Morgan fingerprint density at radius 2 is 2.00 bits per heavy atom. The van der Waals surface area contributed by atoms with Gasteiger partial charge in [0.1, 0.15) is 0 Å². The van der Waals surface area contributed by atoms with E-state index >= 15 is 0 Å². The molecule has 0 saturated heterocycles. The smallest absolute Gasteiger partial charge is 0.308 e. The van der Waals surface area contributed by atoms with Gasteiger partial charge in [-0.3, -0.25) is 4.79 Å². The van der Waals surface area contributed by atoms with E-state index in [9.17, 15) is 4.79 Å². The van der Waals surface area contributed by atoms with Crippen molar-refractivity contribution in [2.24, 2.45) is 0 Å². The second-order valence-electron chi connectivity index (χ2n) is 2.99. The third-order valence-electron chi connectivity index (χ3n) is 1.67. The van der Waals surface area contributed by atoms with Gasteiger partial charge in [0.05, 0.1) is 6.10 Å². The first-order chi connectivity index (χ1) is 6.10. The molecule has 2 unspecified atom stereocenters. The highest BCUT2D eigenvalue weighted by molar-refractivity contribution is 5.69. The predicted molar refractivity (Wildman–Crippen MR) is 47.9 cm³/mol. The van der Waals surface area contributed by atoms with Crippen LogP contribution in [-0.4, -0.2) is 28.6 Å². The molecule has 0 fully saturated rings. The molecule has 2 N–H and O–H groups in total. The van der Waals surface area contributed by atoms with Crippen LogP contribution in [0.15, 0.2) is 0 Å².